The van der Waals surface area contributed by atoms with Gasteiger partial charge in [0.2, 0.25) is 0 Å². The van der Waals surface area contributed by atoms with Crippen LogP contribution in [0, 0.1) is 5.92 Å². The summed E-state index contributed by atoms with van der Waals surface area (Å²) in [6.45, 7) is 6.38. The third-order valence-corrected chi connectivity index (χ3v) is 4.73. The summed E-state index contributed by atoms with van der Waals surface area (Å²) in [5.41, 5.74) is 2.45. The summed E-state index contributed by atoms with van der Waals surface area (Å²) in [6, 6.07) is 8.56. The number of benzene rings is 1. The molecule has 1 fully saturated rings. The fraction of sp³-hybridized carbons (Fsp3) is 0.632. The van der Waals surface area contributed by atoms with Crippen LogP contribution in [-0.4, -0.2) is 23.3 Å². The van der Waals surface area contributed by atoms with Gasteiger partial charge in [0, 0.05) is 6.04 Å². The first-order valence-electron chi connectivity index (χ1n) is 8.83. The number of aliphatic hydroxyl groups is 1. The minimum atomic E-state index is -0.198. The highest BCUT2D eigenvalue weighted by molar-refractivity contribution is 5.74. The van der Waals surface area contributed by atoms with Gasteiger partial charge in [0.1, 0.15) is 0 Å². The molecule has 0 aromatic heterocycles. The standard InChI is InChI=1S/C19H30N2O2/c1-4-14-5-7-15(8-6-14)18(13(2)3)21-19(23)20-16-9-11-17(22)12-10-16/h5-8,13,16-18,22H,4,9-12H2,1-3H3,(H2,20,21,23). The van der Waals surface area contributed by atoms with Crippen LogP contribution in [0.15, 0.2) is 24.3 Å². The summed E-state index contributed by atoms with van der Waals surface area (Å²) >= 11 is 0. The Kier molecular flexibility index (Phi) is 6.46. The van der Waals surface area contributed by atoms with Gasteiger partial charge in [0.15, 0.2) is 0 Å². The van der Waals surface area contributed by atoms with E-state index in [2.05, 4.69) is 55.7 Å². The molecule has 23 heavy (non-hydrogen) atoms. The molecular formula is C19H30N2O2. The van der Waals surface area contributed by atoms with Crippen LogP contribution in [0.3, 0.4) is 0 Å². The minimum Gasteiger partial charge on any atom is -0.393 e. The lowest BCUT2D eigenvalue weighted by Gasteiger charge is -2.28. The normalized spacial score (nSPS) is 22.7. The van der Waals surface area contributed by atoms with Crippen molar-refractivity contribution in [1.82, 2.24) is 10.6 Å². The number of aryl methyl sites for hydroxylation is 1. The van der Waals surface area contributed by atoms with Crippen LogP contribution in [0.2, 0.25) is 0 Å². The van der Waals surface area contributed by atoms with E-state index in [4.69, 9.17) is 0 Å². The zero-order chi connectivity index (χ0) is 16.8. The number of hydrogen-bond acceptors (Lipinski definition) is 2. The first kappa shape index (κ1) is 17.8. The topological polar surface area (TPSA) is 61.4 Å². The second-order valence-corrected chi connectivity index (χ2v) is 6.94. The van der Waals surface area contributed by atoms with E-state index >= 15 is 0 Å². The molecule has 2 amide bonds. The molecular weight excluding hydrogens is 288 g/mol. The summed E-state index contributed by atoms with van der Waals surface area (Å²) in [4.78, 5) is 12.3. The summed E-state index contributed by atoms with van der Waals surface area (Å²) in [7, 11) is 0. The molecule has 1 saturated carbocycles. The van der Waals surface area contributed by atoms with Crippen molar-refractivity contribution in [3.05, 3.63) is 35.4 Å². The van der Waals surface area contributed by atoms with Crippen molar-refractivity contribution in [2.24, 2.45) is 5.92 Å². The van der Waals surface area contributed by atoms with Crippen LogP contribution < -0.4 is 10.6 Å². The zero-order valence-electron chi connectivity index (χ0n) is 14.5. The van der Waals surface area contributed by atoms with E-state index in [-0.39, 0.29) is 24.2 Å². The lowest BCUT2D eigenvalue weighted by Crippen LogP contribution is -2.46. The molecule has 1 aromatic rings. The Labute approximate surface area is 139 Å². The average Bonchev–Trinajstić information content (AvgIpc) is 2.55. The van der Waals surface area contributed by atoms with Gasteiger partial charge in [0.05, 0.1) is 12.1 Å². The molecule has 4 nitrogen and oxygen atoms in total. The van der Waals surface area contributed by atoms with Gasteiger partial charge in [-0.25, -0.2) is 4.79 Å². The van der Waals surface area contributed by atoms with Gasteiger partial charge >= 0.3 is 6.03 Å². The van der Waals surface area contributed by atoms with E-state index in [1.807, 2.05) is 0 Å². The van der Waals surface area contributed by atoms with Gasteiger partial charge in [-0.1, -0.05) is 45.0 Å². The third kappa shape index (κ3) is 5.24. The van der Waals surface area contributed by atoms with E-state index in [1.54, 1.807) is 0 Å². The Balaban J connectivity index is 1.94. The molecule has 1 aliphatic carbocycles. The predicted molar refractivity (Wildman–Crippen MR) is 93.3 cm³/mol. The molecule has 0 aliphatic heterocycles. The Hall–Kier alpha value is -1.55. The molecule has 128 valence electrons. The number of urea groups is 1. The van der Waals surface area contributed by atoms with Crippen molar-refractivity contribution >= 4 is 6.03 Å². The smallest absolute Gasteiger partial charge is 0.315 e. The summed E-state index contributed by atoms with van der Waals surface area (Å²) in [6.07, 6.45) is 4.08. The maximum atomic E-state index is 12.3. The summed E-state index contributed by atoms with van der Waals surface area (Å²) in [5.74, 6) is 0.321. The Morgan fingerprint density at radius 2 is 1.78 bits per heavy atom. The Bertz CT molecular complexity index is 491. The second-order valence-electron chi connectivity index (χ2n) is 6.94. The van der Waals surface area contributed by atoms with Gasteiger partial charge in [0.25, 0.3) is 0 Å². The van der Waals surface area contributed by atoms with Crippen molar-refractivity contribution in [1.29, 1.82) is 0 Å². The monoisotopic (exact) mass is 318 g/mol. The van der Waals surface area contributed by atoms with Crippen molar-refractivity contribution in [2.45, 2.75) is 71.1 Å². The SMILES string of the molecule is CCc1ccc(C(NC(=O)NC2CCC(O)CC2)C(C)C)cc1. The quantitative estimate of drug-likeness (QED) is 0.777. The van der Waals surface area contributed by atoms with Gasteiger partial charge in [-0.3, -0.25) is 0 Å². The molecule has 3 N–H and O–H groups in total. The maximum absolute atomic E-state index is 12.3. The Morgan fingerprint density at radius 1 is 1.17 bits per heavy atom. The molecule has 0 saturated heterocycles. The van der Waals surface area contributed by atoms with Crippen LogP contribution in [0.25, 0.3) is 0 Å². The fourth-order valence-electron chi connectivity index (χ4n) is 3.18. The molecule has 1 aromatic carbocycles. The number of hydrogen-bond donors (Lipinski definition) is 3. The zero-order valence-corrected chi connectivity index (χ0v) is 14.5. The van der Waals surface area contributed by atoms with Gasteiger partial charge < -0.3 is 15.7 Å². The summed E-state index contributed by atoms with van der Waals surface area (Å²) < 4.78 is 0. The van der Waals surface area contributed by atoms with E-state index in [1.165, 1.54) is 5.56 Å². The molecule has 4 heteroatoms. The Morgan fingerprint density at radius 3 is 2.30 bits per heavy atom. The average molecular weight is 318 g/mol. The highest BCUT2D eigenvalue weighted by Crippen LogP contribution is 2.23. The molecule has 0 spiro atoms. The highest BCUT2D eigenvalue weighted by Gasteiger charge is 2.23. The summed E-state index contributed by atoms with van der Waals surface area (Å²) in [5, 5.41) is 15.7. The van der Waals surface area contributed by atoms with Gasteiger partial charge in [-0.15, -0.1) is 0 Å². The number of aliphatic hydroxyl groups excluding tert-OH is 1. The van der Waals surface area contributed by atoms with E-state index < -0.39 is 0 Å². The number of nitrogens with one attached hydrogen (secondary N) is 2. The minimum absolute atomic E-state index is 0.00934. The van der Waals surface area contributed by atoms with Crippen LogP contribution in [0.5, 0.6) is 0 Å². The largest absolute Gasteiger partial charge is 0.393 e. The lowest BCUT2D eigenvalue weighted by molar-refractivity contribution is 0.117. The van der Waals surface area contributed by atoms with Crippen molar-refractivity contribution < 1.29 is 9.90 Å². The van der Waals surface area contributed by atoms with Crippen molar-refractivity contribution in [3.63, 3.8) is 0 Å². The van der Waals surface area contributed by atoms with E-state index in [0.29, 0.717) is 5.92 Å². The fourth-order valence-corrected chi connectivity index (χ4v) is 3.18. The number of rotatable bonds is 5. The third-order valence-electron chi connectivity index (χ3n) is 4.73. The van der Waals surface area contributed by atoms with Crippen LogP contribution >= 0.6 is 0 Å². The maximum Gasteiger partial charge on any atom is 0.315 e. The second kappa shape index (κ2) is 8.34. The van der Waals surface area contributed by atoms with Gasteiger partial charge in [-0.2, -0.15) is 0 Å². The predicted octanol–water partition coefficient (Wildman–Crippen LogP) is 3.55. The molecule has 1 unspecified atom stereocenters. The molecule has 0 bridgehead atoms. The first-order valence-corrected chi connectivity index (χ1v) is 8.83. The van der Waals surface area contributed by atoms with E-state index in [0.717, 1.165) is 37.7 Å². The lowest BCUT2D eigenvalue weighted by atomic mass is 9.93. The molecule has 2 rings (SSSR count). The highest BCUT2D eigenvalue weighted by atomic mass is 16.3. The van der Waals surface area contributed by atoms with E-state index in [9.17, 15) is 9.90 Å². The number of carbonyl (C=O) groups excluding carboxylic acids is 1. The number of carbonyl (C=O) groups is 1. The van der Waals surface area contributed by atoms with Crippen LogP contribution in [-0.2, 0) is 6.42 Å². The van der Waals surface area contributed by atoms with Crippen LogP contribution in [0.4, 0.5) is 4.79 Å². The first-order chi connectivity index (χ1) is 11.0. The molecule has 1 atom stereocenters. The van der Waals surface area contributed by atoms with Crippen molar-refractivity contribution in [3.8, 4) is 0 Å². The van der Waals surface area contributed by atoms with Crippen LogP contribution in [0.1, 0.15) is 63.6 Å². The molecule has 0 heterocycles. The number of amides is 2. The van der Waals surface area contributed by atoms with Gasteiger partial charge in [-0.05, 0) is 49.1 Å². The van der Waals surface area contributed by atoms with Crippen molar-refractivity contribution in [2.75, 3.05) is 0 Å². The molecule has 0 radical (unpaired) electrons. The molecule has 1 aliphatic rings.